The summed E-state index contributed by atoms with van der Waals surface area (Å²) >= 11 is 1.75. The first-order valence-corrected chi connectivity index (χ1v) is 7.56. The third-order valence-electron chi connectivity index (χ3n) is 3.10. The molecule has 0 aliphatic carbocycles. The van der Waals surface area contributed by atoms with E-state index in [1.165, 1.54) is 24.1 Å². The van der Waals surface area contributed by atoms with Crippen molar-refractivity contribution in [2.24, 2.45) is 10.7 Å². The minimum absolute atomic E-state index is 0.0413. The quantitative estimate of drug-likeness (QED) is 0.581. The minimum atomic E-state index is -0.0413. The van der Waals surface area contributed by atoms with Gasteiger partial charge in [0.1, 0.15) is 0 Å². The average molecular weight is 279 g/mol. The van der Waals surface area contributed by atoms with Crippen molar-refractivity contribution in [1.82, 2.24) is 10.2 Å². The summed E-state index contributed by atoms with van der Waals surface area (Å²) in [5, 5.41) is 12.3. The molecule has 1 aliphatic heterocycles. The zero-order valence-electron chi connectivity index (χ0n) is 11.1. The fourth-order valence-electron chi connectivity index (χ4n) is 2.17. The van der Waals surface area contributed by atoms with E-state index in [9.17, 15) is 0 Å². The summed E-state index contributed by atoms with van der Waals surface area (Å²) in [6.07, 6.45) is 4.58. The van der Waals surface area contributed by atoms with Gasteiger partial charge in [-0.2, -0.15) is 0 Å². The van der Waals surface area contributed by atoms with E-state index < -0.39 is 0 Å². The van der Waals surface area contributed by atoms with Gasteiger partial charge in [0.2, 0.25) is 5.96 Å². The SMILES string of the molecule is N=C(N)N/C(=N/CCc1cccs1)N1CCCCC1. The molecule has 2 rings (SSSR count). The van der Waals surface area contributed by atoms with Crippen molar-refractivity contribution < 1.29 is 0 Å². The molecule has 0 spiro atoms. The second-order valence-corrected chi connectivity index (χ2v) is 5.65. The molecule has 1 aromatic heterocycles. The van der Waals surface area contributed by atoms with Crippen molar-refractivity contribution in [3.05, 3.63) is 22.4 Å². The largest absolute Gasteiger partial charge is 0.370 e. The van der Waals surface area contributed by atoms with E-state index in [1.807, 2.05) is 0 Å². The van der Waals surface area contributed by atoms with Crippen molar-refractivity contribution >= 4 is 23.3 Å². The molecule has 0 aromatic carbocycles. The van der Waals surface area contributed by atoms with Gasteiger partial charge in [0.05, 0.1) is 0 Å². The van der Waals surface area contributed by atoms with Gasteiger partial charge in [-0.1, -0.05) is 6.07 Å². The summed E-state index contributed by atoms with van der Waals surface area (Å²) in [5.74, 6) is 0.712. The minimum Gasteiger partial charge on any atom is -0.370 e. The van der Waals surface area contributed by atoms with Crippen LogP contribution in [0.25, 0.3) is 0 Å². The topological polar surface area (TPSA) is 77.5 Å². The average Bonchev–Trinajstić information content (AvgIpc) is 2.91. The van der Waals surface area contributed by atoms with Gasteiger partial charge in [-0.05, 0) is 30.7 Å². The van der Waals surface area contributed by atoms with Crippen molar-refractivity contribution in [2.45, 2.75) is 25.7 Å². The molecule has 2 heterocycles. The van der Waals surface area contributed by atoms with Gasteiger partial charge < -0.3 is 10.6 Å². The van der Waals surface area contributed by atoms with Crippen LogP contribution in [-0.2, 0) is 6.42 Å². The van der Waals surface area contributed by atoms with Crippen LogP contribution < -0.4 is 11.1 Å². The van der Waals surface area contributed by atoms with Crippen LogP contribution in [0.4, 0.5) is 0 Å². The Morgan fingerprint density at radius 2 is 2.21 bits per heavy atom. The standard InChI is InChI=1S/C13H21N5S/c14-12(15)17-13(18-8-2-1-3-9-18)16-7-6-11-5-4-10-19-11/h4-5,10H,1-3,6-9H2,(H4,14,15,16,17). The molecule has 0 amide bonds. The normalized spacial score (nSPS) is 16.4. The highest BCUT2D eigenvalue weighted by Gasteiger charge is 2.14. The molecule has 4 N–H and O–H groups in total. The third-order valence-corrected chi connectivity index (χ3v) is 4.04. The van der Waals surface area contributed by atoms with Crippen LogP contribution in [0.3, 0.4) is 0 Å². The highest BCUT2D eigenvalue weighted by atomic mass is 32.1. The Labute approximate surface area is 118 Å². The zero-order valence-corrected chi connectivity index (χ0v) is 11.9. The Kier molecular flexibility index (Phi) is 5.20. The first-order valence-electron chi connectivity index (χ1n) is 6.68. The summed E-state index contributed by atoms with van der Waals surface area (Å²) < 4.78 is 0. The van der Waals surface area contributed by atoms with Crippen LogP contribution >= 0.6 is 11.3 Å². The number of piperidine rings is 1. The van der Waals surface area contributed by atoms with Crippen molar-refractivity contribution in [3.8, 4) is 0 Å². The fraction of sp³-hybridized carbons (Fsp3) is 0.538. The zero-order chi connectivity index (χ0) is 13.5. The van der Waals surface area contributed by atoms with Crippen LogP contribution in [0.5, 0.6) is 0 Å². The van der Waals surface area contributed by atoms with Gasteiger partial charge in [-0.3, -0.25) is 15.7 Å². The molecule has 1 fully saturated rings. The molecule has 0 bridgehead atoms. The number of nitrogens with zero attached hydrogens (tertiary/aromatic N) is 2. The molecule has 0 unspecified atom stereocenters. The fourth-order valence-corrected chi connectivity index (χ4v) is 2.87. The smallest absolute Gasteiger partial charge is 0.200 e. The van der Waals surface area contributed by atoms with Gasteiger partial charge >= 0.3 is 0 Å². The van der Waals surface area contributed by atoms with Crippen molar-refractivity contribution in [1.29, 1.82) is 5.41 Å². The summed E-state index contributed by atoms with van der Waals surface area (Å²) in [7, 11) is 0. The van der Waals surface area contributed by atoms with Crippen LogP contribution in [0.15, 0.2) is 22.5 Å². The first-order chi connectivity index (χ1) is 9.25. The van der Waals surface area contributed by atoms with E-state index in [1.54, 1.807) is 11.3 Å². The maximum absolute atomic E-state index is 7.38. The van der Waals surface area contributed by atoms with Crippen molar-refractivity contribution in [2.75, 3.05) is 19.6 Å². The number of rotatable bonds is 3. The van der Waals surface area contributed by atoms with Gasteiger partial charge in [-0.15, -0.1) is 11.3 Å². The molecule has 0 atom stereocenters. The Morgan fingerprint density at radius 3 is 2.84 bits per heavy atom. The van der Waals surface area contributed by atoms with E-state index in [-0.39, 0.29) is 5.96 Å². The number of guanidine groups is 2. The Bertz CT molecular complexity index is 420. The highest BCUT2D eigenvalue weighted by Crippen LogP contribution is 2.10. The molecule has 104 valence electrons. The van der Waals surface area contributed by atoms with Gasteiger partial charge in [-0.25, -0.2) is 0 Å². The maximum atomic E-state index is 7.38. The molecule has 5 nitrogen and oxygen atoms in total. The molecular formula is C13H21N5S. The van der Waals surface area contributed by atoms with E-state index in [0.717, 1.165) is 32.0 Å². The van der Waals surface area contributed by atoms with E-state index in [4.69, 9.17) is 11.1 Å². The number of hydrogen-bond acceptors (Lipinski definition) is 3. The molecule has 19 heavy (non-hydrogen) atoms. The molecule has 1 aromatic rings. The molecule has 1 saturated heterocycles. The Morgan fingerprint density at radius 1 is 1.42 bits per heavy atom. The lowest BCUT2D eigenvalue weighted by atomic mass is 10.1. The lowest BCUT2D eigenvalue weighted by Crippen LogP contribution is -2.48. The second kappa shape index (κ2) is 7.13. The van der Waals surface area contributed by atoms with Crippen LogP contribution in [0.2, 0.25) is 0 Å². The predicted molar refractivity (Wildman–Crippen MR) is 80.8 cm³/mol. The van der Waals surface area contributed by atoms with E-state index in [2.05, 4.69) is 32.7 Å². The summed E-state index contributed by atoms with van der Waals surface area (Å²) in [6.45, 7) is 2.73. The van der Waals surface area contributed by atoms with Crippen molar-refractivity contribution in [3.63, 3.8) is 0 Å². The molecule has 0 radical (unpaired) electrons. The second-order valence-electron chi connectivity index (χ2n) is 4.62. The Balaban J connectivity index is 1.93. The maximum Gasteiger partial charge on any atom is 0.200 e. The van der Waals surface area contributed by atoms with E-state index in [0.29, 0.717) is 0 Å². The lowest BCUT2D eigenvalue weighted by molar-refractivity contribution is 0.335. The first kappa shape index (κ1) is 13.9. The number of nitrogens with one attached hydrogen (secondary N) is 2. The monoisotopic (exact) mass is 279 g/mol. The number of hydrogen-bond donors (Lipinski definition) is 3. The summed E-state index contributed by atoms with van der Waals surface area (Å²) in [5.41, 5.74) is 5.43. The number of likely N-dealkylation sites (tertiary alicyclic amines) is 1. The summed E-state index contributed by atoms with van der Waals surface area (Å²) in [4.78, 5) is 8.11. The highest BCUT2D eigenvalue weighted by molar-refractivity contribution is 7.09. The van der Waals surface area contributed by atoms with Gasteiger partial charge in [0.25, 0.3) is 0 Å². The molecule has 0 saturated carbocycles. The third kappa shape index (κ3) is 4.55. The Hall–Kier alpha value is -1.56. The number of nitrogens with two attached hydrogens (primary N) is 1. The number of thiophene rings is 1. The molecule has 6 heteroatoms. The van der Waals surface area contributed by atoms with Crippen LogP contribution in [0.1, 0.15) is 24.1 Å². The van der Waals surface area contributed by atoms with Crippen LogP contribution in [-0.4, -0.2) is 36.5 Å². The molecular weight excluding hydrogens is 258 g/mol. The van der Waals surface area contributed by atoms with Crippen LogP contribution in [0, 0.1) is 5.41 Å². The molecule has 1 aliphatic rings. The van der Waals surface area contributed by atoms with E-state index >= 15 is 0 Å². The van der Waals surface area contributed by atoms with Gasteiger partial charge in [0.15, 0.2) is 5.96 Å². The number of aliphatic imine (C=N–C) groups is 1. The summed E-state index contributed by atoms with van der Waals surface area (Å²) in [6, 6.07) is 4.18. The lowest BCUT2D eigenvalue weighted by Gasteiger charge is -2.29. The van der Waals surface area contributed by atoms with Gasteiger partial charge in [0, 0.05) is 30.9 Å². The predicted octanol–water partition coefficient (Wildman–Crippen LogP) is 1.62.